The van der Waals surface area contributed by atoms with Gasteiger partial charge in [0.2, 0.25) is 0 Å². The zero-order valence-electron chi connectivity index (χ0n) is 6.31. The van der Waals surface area contributed by atoms with E-state index in [0.29, 0.717) is 5.02 Å². The average molecular weight is 314 g/mol. The summed E-state index contributed by atoms with van der Waals surface area (Å²) in [5.41, 5.74) is 0. The predicted octanol–water partition coefficient (Wildman–Crippen LogP) is 5.61. The first-order valence-corrected chi connectivity index (χ1v) is 7.70. The maximum atomic E-state index is 10.9. The van der Waals surface area contributed by atoms with E-state index in [-0.39, 0.29) is 15.8 Å². The van der Waals surface area contributed by atoms with Gasteiger partial charge in [-0.3, -0.25) is 0 Å². The van der Waals surface area contributed by atoms with Crippen LogP contribution in [0.2, 0.25) is 15.1 Å². The van der Waals surface area contributed by atoms with Crippen LogP contribution in [0.5, 0.6) is 5.75 Å². The lowest BCUT2D eigenvalue weighted by molar-refractivity contribution is 0.513. The van der Waals surface area contributed by atoms with Gasteiger partial charge in [-0.2, -0.15) is 0 Å². The second-order valence-corrected chi connectivity index (χ2v) is 7.66. The van der Waals surface area contributed by atoms with E-state index in [4.69, 9.17) is 57.3 Å². The maximum Gasteiger partial charge on any atom is 0.428 e. The predicted molar refractivity (Wildman–Crippen MR) is 61.4 cm³/mol. The molecule has 78 valence electrons. The lowest BCUT2D eigenvalue weighted by atomic mass is 10.3. The summed E-state index contributed by atoms with van der Waals surface area (Å²) in [6, 6.07) is 2.74. The van der Waals surface area contributed by atoms with E-state index < -0.39 is 6.07 Å². The molecule has 0 aliphatic rings. The molecule has 0 saturated carbocycles. The molecule has 1 aromatic carbocycles. The summed E-state index contributed by atoms with van der Waals surface area (Å²) in [6.45, 7) is 0. The van der Waals surface area contributed by atoms with E-state index in [2.05, 4.69) is 4.52 Å². The summed E-state index contributed by atoms with van der Waals surface area (Å²) >= 11 is 27.5. The van der Waals surface area contributed by atoms with Crippen molar-refractivity contribution in [3.63, 3.8) is 0 Å². The number of hydrogen-bond acceptors (Lipinski definition) is 2. The van der Waals surface area contributed by atoms with Crippen molar-refractivity contribution in [3.8, 4) is 5.75 Å². The van der Waals surface area contributed by atoms with Crippen molar-refractivity contribution < 1.29 is 9.09 Å². The van der Waals surface area contributed by atoms with Gasteiger partial charge in [0.05, 0.1) is 10.0 Å². The molecule has 0 aliphatic carbocycles. The molecule has 8 heteroatoms. The number of rotatable bonds is 2. The lowest BCUT2D eigenvalue weighted by Crippen LogP contribution is -1.84. The van der Waals surface area contributed by atoms with Gasteiger partial charge in [-0.1, -0.05) is 34.8 Å². The van der Waals surface area contributed by atoms with Crippen LogP contribution in [-0.4, -0.2) is 0 Å². The molecule has 0 bridgehead atoms. The Balaban J connectivity index is 3.15. The van der Waals surface area contributed by atoms with Crippen LogP contribution in [0.4, 0.5) is 0 Å². The highest BCUT2D eigenvalue weighted by molar-refractivity contribution is 8.05. The van der Waals surface area contributed by atoms with Gasteiger partial charge in [-0.05, 0) is 12.1 Å². The quantitative estimate of drug-likeness (QED) is 0.663. The topological polar surface area (TPSA) is 26.3 Å². The lowest BCUT2D eigenvalue weighted by Gasteiger charge is -2.09. The van der Waals surface area contributed by atoms with Crippen LogP contribution in [0.25, 0.3) is 0 Å². The fourth-order valence-corrected chi connectivity index (χ4v) is 2.55. The molecule has 0 atom stereocenters. The van der Waals surface area contributed by atoms with Crippen LogP contribution < -0.4 is 4.52 Å². The van der Waals surface area contributed by atoms with Crippen molar-refractivity contribution in [2.45, 2.75) is 0 Å². The molecule has 0 unspecified atom stereocenters. The summed E-state index contributed by atoms with van der Waals surface area (Å²) in [5.74, 6) is -0.0499. The maximum absolute atomic E-state index is 10.9. The molecule has 0 fully saturated rings. The Morgan fingerprint density at radius 2 is 1.50 bits per heavy atom. The Morgan fingerprint density at radius 3 is 1.86 bits per heavy atom. The Hall–Kier alpha value is 0.700. The van der Waals surface area contributed by atoms with Gasteiger partial charge in [-0.15, -0.1) is 0 Å². The number of halogens is 5. The Morgan fingerprint density at radius 1 is 1.07 bits per heavy atom. The van der Waals surface area contributed by atoms with E-state index in [9.17, 15) is 4.57 Å². The summed E-state index contributed by atoms with van der Waals surface area (Å²) < 4.78 is 15.6. The molecule has 0 N–H and O–H groups in total. The molecule has 1 rings (SSSR count). The Labute approximate surface area is 105 Å². The van der Waals surface area contributed by atoms with Crippen molar-refractivity contribution in [1.29, 1.82) is 0 Å². The van der Waals surface area contributed by atoms with Crippen LogP contribution in [0.3, 0.4) is 0 Å². The summed E-state index contributed by atoms with van der Waals surface area (Å²) in [4.78, 5) is 0. The molecule has 1 aromatic rings. The highest BCUT2D eigenvalue weighted by Crippen LogP contribution is 2.59. The third kappa shape index (κ3) is 3.69. The van der Waals surface area contributed by atoms with Gasteiger partial charge < -0.3 is 4.52 Å². The van der Waals surface area contributed by atoms with Crippen LogP contribution in [0.1, 0.15) is 0 Å². The largest absolute Gasteiger partial charge is 0.428 e. The molecule has 0 radical (unpaired) electrons. The van der Waals surface area contributed by atoms with Crippen LogP contribution in [0, 0.1) is 0 Å². The molecular formula is C6H2Cl5O2P. The summed E-state index contributed by atoms with van der Waals surface area (Å²) in [7, 11) is 0. The first kappa shape index (κ1) is 12.8. The molecule has 2 nitrogen and oxygen atoms in total. The normalized spacial score (nSPS) is 11.5. The fourth-order valence-electron chi connectivity index (χ4n) is 0.722. The molecule has 14 heavy (non-hydrogen) atoms. The fraction of sp³-hybridized carbons (Fsp3) is 0. The minimum absolute atomic E-state index is 0.0499. The second kappa shape index (κ2) is 4.69. The van der Waals surface area contributed by atoms with E-state index in [1.165, 1.54) is 12.1 Å². The van der Waals surface area contributed by atoms with Crippen molar-refractivity contribution >= 4 is 63.4 Å². The third-order valence-corrected chi connectivity index (χ3v) is 2.75. The molecule has 0 aromatic heterocycles. The highest BCUT2D eigenvalue weighted by atomic mass is 35.9. The third-order valence-electron chi connectivity index (χ3n) is 1.16. The summed E-state index contributed by atoms with van der Waals surface area (Å²) in [6.07, 6.45) is -3.72. The summed E-state index contributed by atoms with van der Waals surface area (Å²) in [5, 5.41) is 0.499. The van der Waals surface area contributed by atoms with Crippen LogP contribution in [-0.2, 0) is 4.57 Å². The zero-order valence-corrected chi connectivity index (χ0v) is 11.0. The molecule has 0 heterocycles. The smallest absolute Gasteiger partial charge is 0.419 e. The van der Waals surface area contributed by atoms with Gasteiger partial charge in [0.25, 0.3) is 0 Å². The molecule has 0 spiro atoms. The van der Waals surface area contributed by atoms with Crippen molar-refractivity contribution in [2.24, 2.45) is 0 Å². The minimum atomic E-state index is -3.72. The SMILES string of the molecule is O=P(Cl)(Cl)Oc1c(Cl)cc(Cl)cc1Cl. The zero-order chi connectivity index (χ0) is 10.9. The molecule has 0 amide bonds. The average Bonchev–Trinajstić information content (AvgIpc) is 1.95. The monoisotopic (exact) mass is 312 g/mol. The molecule has 0 saturated heterocycles. The van der Waals surface area contributed by atoms with Gasteiger partial charge in [0.1, 0.15) is 0 Å². The van der Waals surface area contributed by atoms with Crippen molar-refractivity contribution in [2.75, 3.05) is 0 Å². The van der Waals surface area contributed by atoms with Crippen LogP contribution >= 0.6 is 63.4 Å². The highest BCUT2D eigenvalue weighted by Gasteiger charge is 2.20. The van der Waals surface area contributed by atoms with Gasteiger partial charge in [0.15, 0.2) is 5.75 Å². The van der Waals surface area contributed by atoms with E-state index in [1.807, 2.05) is 0 Å². The Bertz CT molecular complexity index is 378. The first-order valence-electron chi connectivity index (χ1n) is 3.13. The van der Waals surface area contributed by atoms with E-state index >= 15 is 0 Å². The molecular weight excluding hydrogens is 312 g/mol. The Kier molecular flexibility index (Phi) is 4.28. The van der Waals surface area contributed by atoms with Gasteiger partial charge in [0, 0.05) is 27.5 Å². The number of hydrogen-bond donors (Lipinski definition) is 0. The first-order chi connectivity index (χ1) is 6.29. The van der Waals surface area contributed by atoms with Crippen molar-refractivity contribution in [3.05, 3.63) is 27.2 Å². The van der Waals surface area contributed by atoms with Crippen LogP contribution in [0.15, 0.2) is 12.1 Å². The van der Waals surface area contributed by atoms with E-state index in [1.54, 1.807) is 0 Å². The second-order valence-electron chi connectivity index (χ2n) is 2.20. The molecule has 0 aliphatic heterocycles. The number of benzene rings is 1. The van der Waals surface area contributed by atoms with E-state index in [0.717, 1.165) is 0 Å². The van der Waals surface area contributed by atoms with Gasteiger partial charge in [-0.25, -0.2) is 4.57 Å². The standard InChI is InChI=1S/C6H2Cl5O2P/c7-3-1-4(8)6(5(9)2-3)13-14(10,11)12/h1-2H. The van der Waals surface area contributed by atoms with Crippen molar-refractivity contribution in [1.82, 2.24) is 0 Å². The minimum Gasteiger partial charge on any atom is -0.419 e. The van der Waals surface area contributed by atoms with Gasteiger partial charge >= 0.3 is 6.07 Å².